The zero-order valence-electron chi connectivity index (χ0n) is 8.21. The van der Waals surface area contributed by atoms with E-state index in [9.17, 15) is 4.79 Å². The van der Waals surface area contributed by atoms with Crippen LogP contribution in [-0.4, -0.2) is 20.5 Å². The summed E-state index contributed by atoms with van der Waals surface area (Å²) < 4.78 is 1.48. The zero-order chi connectivity index (χ0) is 10.7. The van der Waals surface area contributed by atoms with E-state index in [4.69, 9.17) is 11.6 Å². The van der Waals surface area contributed by atoms with Crippen molar-refractivity contribution in [3.8, 4) is 0 Å². The Hall–Kier alpha value is -1.39. The highest BCUT2D eigenvalue weighted by Gasteiger charge is 2.06. The highest BCUT2D eigenvalue weighted by Crippen LogP contribution is 2.10. The van der Waals surface area contributed by atoms with Crippen molar-refractivity contribution in [2.75, 3.05) is 0 Å². The molecule has 0 aliphatic heterocycles. The summed E-state index contributed by atoms with van der Waals surface area (Å²) in [6.45, 7) is 0.196. The predicted molar refractivity (Wildman–Crippen MR) is 63.1 cm³/mol. The number of carbonyl (C=O) groups is 1. The number of hydrogen-bond donors (Lipinski definition) is 0. The van der Waals surface area contributed by atoms with Gasteiger partial charge in [0.15, 0.2) is 5.78 Å². The third-order valence-electron chi connectivity index (χ3n) is 1.94. The molecule has 0 N–H and O–H groups in total. The molecule has 6 heteroatoms. The molecule has 2 rings (SSSR count). The molecule has 1 aromatic heterocycles. The molecule has 0 spiro atoms. The zero-order valence-corrected chi connectivity index (χ0v) is 9.78. The molecule has 0 unspecified atom stereocenters. The first-order valence-electron chi connectivity index (χ1n) is 4.37. The second kappa shape index (κ2) is 5.63. The molecular formula is C10H9Cl2N3O. The normalized spacial score (nSPS) is 9.56. The van der Waals surface area contributed by atoms with Gasteiger partial charge in [-0.2, -0.15) is 5.10 Å². The second-order valence-electron chi connectivity index (χ2n) is 3.02. The van der Waals surface area contributed by atoms with Crippen molar-refractivity contribution in [1.29, 1.82) is 0 Å². The first-order valence-corrected chi connectivity index (χ1v) is 4.75. The van der Waals surface area contributed by atoms with Gasteiger partial charge >= 0.3 is 0 Å². The Kier molecular flexibility index (Phi) is 4.46. The minimum Gasteiger partial charge on any atom is -0.292 e. The number of aromatic nitrogens is 3. The maximum atomic E-state index is 11.7. The van der Waals surface area contributed by atoms with Gasteiger partial charge in [-0.15, -0.1) is 12.4 Å². The van der Waals surface area contributed by atoms with Gasteiger partial charge in [-0.1, -0.05) is 11.6 Å². The highest BCUT2D eigenvalue weighted by atomic mass is 35.5. The van der Waals surface area contributed by atoms with Crippen molar-refractivity contribution in [1.82, 2.24) is 14.8 Å². The van der Waals surface area contributed by atoms with Crippen molar-refractivity contribution < 1.29 is 4.79 Å². The lowest BCUT2D eigenvalue weighted by molar-refractivity contribution is 0.0967. The monoisotopic (exact) mass is 257 g/mol. The summed E-state index contributed by atoms with van der Waals surface area (Å²) in [5.74, 6) is -0.0165. The second-order valence-corrected chi connectivity index (χ2v) is 3.46. The van der Waals surface area contributed by atoms with E-state index in [1.54, 1.807) is 24.3 Å². The lowest BCUT2D eigenvalue weighted by Crippen LogP contribution is -2.10. The fourth-order valence-corrected chi connectivity index (χ4v) is 1.31. The number of nitrogens with zero attached hydrogens (tertiary/aromatic N) is 3. The predicted octanol–water partition coefficient (Wildman–Crippen LogP) is 2.24. The average Bonchev–Trinajstić information content (AvgIpc) is 2.71. The molecule has 0 atom stereocenters. The molecule has 0 bridgehead atoms. The lowest BCUT2D eigenvalue weighted by Gasteiger charge is -2.00. The van der Waals surface area contributed by atoms with Gasteiger partial charge in [-0.3, -0.25) is 4.79 Å². The highest BCUT2D eigenvalue weighted by molar-refractivity contribution is 6.30. The molecule has 2 aromatic rings. The van der Waals surface area contributed by atoms with E-state index in [0.717, 1.165) is 0 Å². The van der Waals surface area contributed by atoms with Gasteiger partial charge in [0, 0.05) is 10.6 Å². The van der Waals surface area contributed by atoms with Gasteiger partial charge in [-0.05, 0) is 24.3 Å². The Morgan fingerprint density at radius 1 is 1.31 bits per heavy atom. The number of halogens is 2. The Morgan fingerprint density at radius 3 is 2.56 bits per heavy atom. The van der Waals surface area contributed by atoms with Crippen LogP contribution in [0.15, 0.2) is 36.9 Å². The fourth-order valence-electron chi connectivity index (χ4n) is 1.19. The van der Waals surface area contributed by atoms with Crippen LogP contribution in [0.3, 0.4) is 0 Å². The maximum Gasteiger partial charge on any atom is 0.184 e. The van der Waals surface area contributed by atoms with Crippen molar-refractivity contribution in [3.05, 3.63) is 47.5 Å². The summed E-state index contributed by atoms with van der Waals surface area (Å²) in [6, 6.07) is 6.77. The quantitative estimate of drug-likeness (QED) is 0.793. The summed E-state index contributed by atoms with van der Waals surface area (Å²) in [5.41, 5.74) is 0.620. The number of Topliss-reactive ketones (excluding diaryl/α,β-unsaturated/α-hetero) is 1. The topological polar surface area (TPSA) is 47.8 Å². The minimum absolute atomic E-state index is 0. The first-order chi connectivity index (χ1) is 7.25. The van der Waals surface area contributed by atoms with E-state index in [2.05, 4.69) is 10.1 Å². The Bertz CT molecular complexity index is 453. The van der Waals surface area contributed by atoms with Crippen molar-refractivity contribution >= 4 is 29.8 Å². The SMILES string of the molecule is Cl.O=C(Cn1cncn1)c1ccc(Cl)cc1. The first kappa shape index (κ1) is 12.7. The van der Waals surface area contributed by atoms with Crippen LogP contribution in [-0.2, 0) is 6.54 Å². The Morgan fingerprint density at radius 2 is 2.00 bits per heavy atom. The van der Waals surface area contributed by atoms with Crippen LogP contribution in [0.5, 0.6) is 0 Å². The van der Waals surface area contributed by atoms with Crippen LogP contribution < -0.4 is 0 Å². The third kappa shape index (κ3) is 3.05. The van der Waals surface area contributed by atoms with Crippen LogP contribution >= 0.6 is 24.0 Å². The van der Waals surface area contributed by atoms with Crippen molar-refractivity contribution in [2.45, 2.75) is 6.54 Å². The van der Waals surface area contributed by atoms with E-state index in [0.29, 0.717) is 10.6 Å². The largest absolute Gasteiger partial charge is 0.292 e. The molecule has 4 nitrogen and oxygen atoms in total. The molecule has 0 radical (unpaired) electrons. The number of benzene rings is 1. The number of hydrogen-bond acceptors (Lipinski definition) is 3. The molecule has 0 amide bonds. The molecule has 84 valence electrons. The van der Waals surface area contributed by atoms with Gasteiger partial charge in [-0.25, -0.2) is 9.67 Å². The van der Waals surface area contributed by atoms with Gasteiger partial charge in [0.25, 0.3) is 0 Å². The Labute approximate surface area is 104 Å². The molecule has 1 aromatic carbocycles. The fraction of sp³-hybridized carbons (Fsp3) is 0.100. The molecule has 0 fully saturated rings. The number of rotatable bonds is 3. The Balaban J connectivity index is 0.00000128. The number of ketones is 1. The molecular weight excluding hydrogens is 249 g/mol. The summed E-state index contributed by atoms with van der Waals surface area (Å²) in [5, 5.41) is 4.48. The van der Waals surface area contributed by atoms with E-state index in [1.165, 1.54) is 17.3 Å². The maximum absolute atomic E-state index is 11.7. The summed E-state index contributed by atoms with van der Waals surface area (Å²) >= 11 is 5.72. The van der Waals surface area contributed by atoms with Crippen LogP contribution in [0.2, 0.25) is 5.02 Å². The summed E-state index contributed by atoms with van der Waals surface area (Å²) in [7, 11) is 0. The van der Waals surface area contributed by atoms with Gasteiger partial charge in [0.1, 0.15) is 19.2 Å². The average molecular weight is 258 g/mol. The lowest BCUT2D eigenvalue weighted by atomic mass is 10.1. The van der Waals surface area contributed by atoms with E-state index >= 15 is 0 Å². The molecule has 0 saturated carbocycles. The van der Waals surface area contributed by atoms with E-state index < -0.39 is 0 Å². The van der Waals surface area contributed by atoms with Crippen LogP contribution in [0.25, 0.3) is 0 Å². The molecule has 0 aliphatic rings. The third-order valence-corrected chi connectivity index (χ3v) is 2.19. The molecule has 16 heavy (non-hydrogen) atoms. The van der Waals surface area contributed by atoms with Crippen molar-refractivity contribution in [2.24, 2.45) is 0 Å². The smallest absolute Gasteiger partial charge is 0.184 e. The minimum atomic E-state index is -0.0165. The summed E-state index contributed by atoms with van der Waals surface area (Å²) in [6.07, 6.45) is 2.91. The van der Waals surface area contributed by atoms with Crippen molar-refractivity contribution in [3.63, 3.8) is 0 Å². The van der Waals surface area contributed by atoms with Crippen LogP contribution in [0, 0.1) is 0 Å². The molecule has 1 heterocycles. The van der Waals surface area contributed by atoms with Gasteiger partial charge in [0.05, 0.1) is 0 Å². The summed E-state index contributed by atoms with van der Waals surface area (Å²) in [4.78, 5) is 15.5. The number of carbonyl (C=O) groups excluding carboxylic acids is 1. The van der Waals surface area contributed by atoms with Gasteiger partial charge < -0.3 is 0 Å². The standard InChI is InChI=1S/C10H8ClN3O.ClH/c11-9-3-1-8(2-4-9)10(15)5-14-7-12-6-13-14;/h1-4,6-7H,5H2;1H. The van der Waals surface area contributed by atoms with Crippen LogP contribution in [0.1, 0.15) is 10.4 Å². The van der Waals surface area contributed by atoms with Gasteiger partial charge in [0.2, 0.25) is 0 Å². The molecule has 0 aliphatic carbocycles. The molecule has 0 saturated heterocycles. The van der Waals surface area contributed by atoms with Crippen LogP contribution in [0.4, 0.5) is 0 Å². The van der Waals surface area contributed by atoms with E-state index in [-0.39, 0.29) is 24.7 Å². The van der Waals surface area contributed by atoms with E-state index in [1.807, 2.05) is 0 Å².